The third kappa shape index (κ3) is 2.40. The second-order valence-corrected chi connectivity index (χ2v) is 4.47. The zero-order chi connectivity index (χ0) is 10.7. The molecule has 3 nitrogen and oxygen atoms in total. The monoisotopic (exact) mass is 208 g/mol. The summed E-state index contributed by atoms with van der Waals surface area (Å²) in [6.45, 7) is 6.03. The fourth-order valence-corrected chi connectivity index (χ4v) is 2.60. The van der Waals surface area contributed by atoms with Gasteiger partial charge in [-0.3, -0.25) is 9.69 Å². The van der Waals surface area contributed by atoms with E-state index in [4.69, 9.17) is 0 Å². The van der Waals surface area contributed by atoms with Crippen LogP contribution in [0.25, 0.3) is 0 Å². The Labute approximate surface area is 91.7 Å². The van der Waals surface area contributed by atoms with Crippen LogP contribution in [0.3, 0.4) is 0 Å². The lowest BCUT2D eigenvalue weighted by Gasteiger charge is -2.43. The fourth-order valence-electron chi connectivity index (χ4n) is 2.60. The maximum absolute atomic E-state index is 11.7. The SMILES string of the molecule is CC=CC(=O)N1CCN2CCCCC2C1. The minimum Gasteiger partial charge on any atom is -0.336 e. The van der Waals surface area contributed by atoms with Crippen molar-refractivity contribution in [2.24, 2.45) is 0 Å². The van der Waals surface area contributed by atoms with Crippen LogP contribution in [-0.4, -0.2) is 47.9 Å². The Morgan fingerprint density at radius 3 is 2.93 bits per heavy atom. The van der Waals surface area contributed by atoms with Crippen molar-refractivity contribution in [1.29, 1.82) is 0 Å². The zero-order valence-corrected chi connectivity index (χ0v) is 9.48. The van der Waals surface area contributed by atoms with E-state index >= 15 is 0 Å². The third-order valence-corrected chi connectivity index (χ3v) is 3.46. The highest BCUT2D eigenvalue weighted by Gasteiger charge is 2.29. The molecule has 0 aliphatic carbocycles. The lowest BCUT2D eigenvalue weighted by atomic mass is 9.99. The maximum atomic E-state index is 11.7. The van der Waals surface area contributed by atoms with E-state index in [1.165, 1.54) is 25.8 Å². The van der Waals surface area contributed by atoms with Crippen molar-refractivity contribution < 1.29 is 4.79 Å². The number of carbonyl (C=O) groups excluding carboxylic acids is 1. The Morgan fingerprint density at radius 1 is 1.27 bits per heavy atom. The lowest BCUT2D eigenvalue weighted by molar-refractivity contribution is -0.129. The first-order valence-corrected chi connectivity index (χ1v) is 5.97. The summed E-state index contributed by atoms with van der Waals surface area (Å²) in [5, 5.41) is 0. The summed E-state index contributed by atoms with van der Waals surface area (Å²) in [6.07, 6.45) is 7.43. The highest BCUT2D eigenvalue weighted by Crippen LogP contribution is 2.21. The molecule has 0 aromatic heterocycles. The van der Waals surface area contributed by atoms with Gasteiger partial charge in [0.1, 0.15) is 0 Å². The predicted octanol–water partition coefficient (Wildman–Crippen LogP) is 1.26. The van der Waals surface area contributed by atoms with Crippen LogP contribution >= 0.6 is 0 Å². The minimum atomic E-state index is 0.183. The second kappa shape index (κ2) is 4.79. The van der Waals surface area contributed by atoms with Crippen molar-refractivity contribution in [1.82, 2.24) is 9.80 Å². The Balaban J connectivity index is 1.93. The predicted molar refractivity (Wildman–Crippen MR) is 60.6 cm³/mol. The van der Waals surface area contributed by atoms with E-state index < -0.39 is 0 Å². The smallest absolute Gasteiger partial charge is 0.246 e. The molecule has 0 aromatic carbocycles. The maximum Gasteiger partial charge on any atom is 0.246 e. The van der Waals surface area contributed by atoms with Crippen LogP contribution in [-0.2, 0) is 4.79 Å². The molecule has 2 aliphatic rings. The summed E-state index contributed by atoms with van der Waals surface area (Å²) in [5.41, 5.74) is 0. The minimum absolute atomic E-state index is 0.183. The Kier molecular flexibility index (Phi) is 3.41. The van der Waals surface area contributed by atoms with Crippen molar-refractivity contribution in [2.75, 3.05) is 26.2 Å². The molecule has 2 aliphatic heterocycles. The van der Waals surface area contributed by atoms with E-state index in [2.05, 4.69) is 4.90 Å². The standard InChI is InChI=1S/C12H20N2O/c1-2-5-12(15)14-9-8-13-7-4-3-6-11(13)10-14/h2,5,11H,3-4,6-10H2,1H3. The van der Waals surface area contributed by atoms with Gasteiger partial charge in [0.15, 0.2) is 0 Å². The second-order valence-electron chi connectivity index (χ2n) is 4.47. The first-order valence-electron chi connectivity index (χ1n) is 5.97. The number of rotatable bonds is 1. The molecule has 1 unspecified atom stereocenters. The number of nitrogens with zero attached hydrogens (tertiary/aromatic N) is 2. The Hall–Kier alpha value is -0.830. The van der Waals surface area contributed by atoms with E-state index in [1.807, 2.05) is 17.9 Å². The number of allylic oxidation sites excluding steroid dienone is 1. The van der Waals surface area contributed by atoms with Crippen molar-refractivity contribution in [3.05, 3.63) is 12.2 Å². The van der Waals surface area contributed by atoms with E-state index in [9.17, 15) is 4.79 Å². The first-order chi connectivity index (χ1) is 7.31. The van der Waals surface area contributed by atoms with Gasteiger partial charge >= 0.3 is 0 Å². The van der Waals surface area contributed by atoms with Gasteiger partial charge in [-0.05, 0) is 32.4 Å². The molecule has 0 aromatic rings. The zero-order valence-electron chi connectivity index (χ0n) is 9.48. The Morgan fingerprint density at radius 2 is 2.13 bits per heavy atom. The van der Waals surface area contributed by atoms with Crippen LogP contribution < -0.4 is 0 Å². The van der Waals surface area contributed by atoms with Crippen LogP contribution in [0.2, 0.25) is 0 Å². The van der Waals surface area contributed by atoms with Crippen molar-refractivity contribution in [3.63, 3.8) is 0 Å². The summed E-state index contributed by atoms with van der Waals surface area (Å²) >= 11 is 0. The molecule has 0 N–H and O–H groups in total. The number of hydrogen-bond donors (Lipinski definition) is 0. The number of carbonyl (C=O) groups is 1. The molecule has 84 valence electrons. The molecule has 0 bridgehead atoms. The summed E-state index contributed by atoms with van der Waals surface area (Å²) in [4.78, 5) is 16.2. The van der Waals surface area contributed by atoms with E-state index in [-0.39, 0.29) is 5.91 Å². The molecule has 3 heteroatoms. The fraction of sp³-hybridized carbons (Fsp3) is 0.750. The van der Waals surface area contributed by atoms with Gasteiger partial charge in [0.05, 0.1) is 0 Å². The average molecular weight is 208 g/mol. The van der Waals surface area contributed by atoms with Crippen molar-refractivity contribution in [2.45, 2.75) is 32.2 Å². The quantitative estimate of drug-likeness (QED) is 0.606. The molecule has 0 saturated carbocycles. The van der Waals surface area contributed by atoms with E-state index in [0.29, 0.717) is 6.04 Å². The molecule has 15 heavy (non-hydrogen) atoms. The largest absolute Gasteiger partial charge is 0.336 e. The van der Waals surface area contributed by atoms with Gasteiger partial charge in [-0.2, -0.15) is 0 Å². The van der Waals surface area contributed by atoms with Gasteiger partial charge in [-0.1, -0.05) is 12.5 Å². The number of amides is 1. The molecule has 1 atom stereocenters. The molecule has 1 amide bonds. The molecule has 2 rings (SSSR count). The summed E-state index contributed by atoms with van der Waals surface area (Å²) < 4.78 is 0. The van der Waals surface area contributed by atoms with Crippen LogP contribution in [0, 0.1) is 0 Å². The van der Waals surface area contributed by atoms with Gasteiger partial charge < -0.3 is 4.90 Å². The van der Waals surface area contributed by atoms with Gasteiger partial charge in [-0.25, -0.2) is 0 Å². The van der Waals surface area contributed by atoms with E-state index in [1.54, 1.807) is 6.08 Å². The van der Waals surface area contributed by atoms with Gasteiger partial charge in [0.2, 0.25) is 5.91 Å². The Bertz CT molecular complexity index is 262. The van der Waals surface area contributed by atoms with Crippen LogP contribution in [0.5, 0.6) is 0 Å². The van der Waals surface area contributed by atoms with Crippen molar-refractivity contribution >= 4 is 5.91 Å². The van der Waals surface area contributed by atoms with Gasteiger partial charge in [0, 0.05) is 25.7 Å². The molecule has 0 radical (unpaired) electrons. The van der Waals surface area contributed by atoms with Gasteiger partial charge in [-0.15, -0.1) is 0 Å². The first kappa shape index (κ1) is 10.7. The number of hydrogen-bond acceptors (Lipinski definition) is 2. The summed E-state index contributed by atoms with van der Waals surface area (Å²) in [5.74, 6) is 0.183. The number of fused-ring (bicyclic) bond motifs is 1. The molecular weight excluding hydrogens is 188 g/mol. The van der Waals surface area contributed by atoms with Crippen molar-refractivity contribution in [3.8, 4) is 0 Å². The van der Waals surface area contributed by atoms with Crippen LogP contribution in [0.15, 0.2) is 12.2 Å². The topological polar surface area (TPSA) is 23.6 Å². The molecule has 2 fully saturated rings. The van der Waals surface area contributed by atoms with Crippen LogP contribution in [0.1, 0.15) is 26.2 Å². The summed E-state index contributed by atoms with van der Waals surface area (Å²) in [6, 6.07) is 0.627. The molecule has 2 heterocycles. The molecule has 2 saturated heterocycles. The highest BCUT2D eigenvalue weighted by atomic mass is 16.2. The van der Waals surface area contributed by atoms with Gasteiger partial charge in [0.25, 0.3) is 0 Å². The molecule has 0 spiro atoms. The molecular formula is C12H20N2O. The number of piperidine rings is 1. The lowest BCUT2D eigenvalue weighted by Crippen LogP contribution is -2.55. The number of piperazine rings is 1. The normalized spacial score (nSPS) is 28.1. The average Bonchev–Trinajstić information content (AvgIpc) is 2.29. The van der Waals surface area contributed by atoms with E-state index in [0.717, 1.165) is 19.6 Å². The highest BCUT2D eigenvalue weighted by molar-refractivity contribution is 5.87. The van der Waals surface area contributed by atoms with Crippen LogP contribution in [0.4, 0.5) is 0 Å². The summed E-state index contributed by atoms with van der Waals surface area (Å²) in [7, 11) is 0. The third-order valence-electron chi connectivity index (χ3n) is 3.46.